The van der Waals surface area contributed by atoms with Crippen LogP contribution in [-0.4, -0.2) is 59.2 Å². The maximum Gasteiger partial charge on any atom is 0.416 e. The Morgan fingerprint density at radius 3 is 2.27 bits per heavy atom. The number of aromatic nitrogens is 1. The van der Waals surface area contributed by atoms with Crippen molar-refractivity contribution in [3.63, 3.8) is 0 Å². The van der Waals surface area contributed by atoms with Crippen LogP contribution in [0.4, 0.5) is 18.9 Å². The molecule has 1 aliphatic rings. The number of nitrogens with one attached hydrogen (secondary N) is 2. The second-order valence-electron chi connectivity index (χ2n) is 12.4. The van der Waals surface area contributed by atoms with Gasteiger partial charge in [-0.25, -0.2) is 0 Å². The summed E-state index contributed by atoms with van der Waals surface area (Å²) in [6.45, 7) is 15.5. The number of benzene rings is 2. The summed E-state index contributed by atoms with van der Waals surface area (Å²) in [7, 11) is 0. The number of nitrogens with zero attached hydrogens (tertiary/aromatic N) is 3. The first-order chi connectivity index (χ1) is 22.8. The topological polar surface area (TPSA) is 109 Å². The van der Waals surface area contributed by atoms with E-state index < -0.39 is 11.7 Å². The molecule has 1 fully saturated rings. The minimum Gasteiger partial charge on any atom is -0.359 e. The molecule has 0 saturated carbocycles. The number of H-pyrrole nitrogens is 1. The molecule has 12 heteroatoms. The molecule has 0 aliphatic carbocycles. The van der Waals surface area contributed by atoms with Gasteiger partial charge in [0.1, 0.15) is 6.04 Å². The number of aryl methyl sites for hydroxylation is 2. The van der Waals surface area contributed by atoms with Crippen LogP contribution in [0.1, 0.15) is 84.0 Å². The molecule has 3 amide bonds. The van der Waals surface area contributed by atoms with Crippen LogP contribution in [0.3, 0.4) is 0 Å². The van der Waals surface area contributed by atoms with E-state index in [-0.39, 0.29) is 32.0 Å². The summed E-state index contributed by atoms with van der Waals surface area (Å²) in [5.74, 6) is 1.01. The van der Waals surface area contributed by atoms with Crippen LogP contribution >= 0.6 is 13.5 Å². The van der Waals surface area contributed by atoms with Gasteiger partial charge in [-0.05, 0) is 85.7 Å². The molecule has 2 unspecified atom stereocenters. The molecule has 0 bridgehead atoms. The van der Waals surface area contributed by atoms with Crippen molar-refractivity contribution in [3.8, 4) is 6.07 Å². The maximum absolute atomic E-state index is 12.4. The van der Waals surface area contributed by atoms with E-state index in [2.05, 4.69) is 37.1 Å². The van der Waals surface area contributed by atoms with Crippen LogP contribution in [0.15, 0.2) is 48.5 Å². The summed E-state index contributed by atoms with van der Waals surface area (Å²) >= 11 is 0. The number of anilines is 1. The van der Waals surface area contributed by atoms with Gasteiger partial charge in [-0.2, -0.15) is 31.9 Å². The fourth-order valence-corrected chi connectivity index (χ4v) is 4.98. The van der Waals surface area contributed by atoms with Crippen molar-refractivity contribution in [1.29, 1.82) is 5.26 Å². The first-order valence-corrected chi connectivity index (χ1v) is 16.6. The molecule has 1 aliphatic heterocycles. The van der Waals surface area contributed by atoms with Crippen LogP contribution < -0.4 is 5.32 Å². The number of alkyl halides is 3. The van der Waals surface area contributed by atoms with Gasteiger partial charge >= 0.3 is 6.18 Å². The predicted molar refractivity (Wildman–Crippen MR) is 196 cm³/mol. The molecule has 0 spiro atoms. The molecule has 1 aromatic heterocycles. The van der Waals surface area contributed by atoms with E-state index in [1.54, 1.807) is 4.90 Å². The second kappa shape index (κ2) is 23.4. The molecular weight excluding hydrogens is 652 g/mol. The number of fused-ring (bicyclic) bond motifs is 1. The summed E-state index contributed by atoms with van der Waals surface area (Å²) in [6, 6.07) is 15.0. The van der Waals surface area contributed by atoms with Gasteiger partial charge in [0.25, 0.3) is 0 Å². The first kappa shape index (κ1) is 45.0. The van der Waals surface area contributed by atoms with Gasteiger partial charge in [0, 0.05) is 30.0 Å². The van der Waals surface area contributed by atoms with Gasteiger partial charge in [0.2, 0.25) is 18.7 Å². The maximum atomic E-state index is 12.4. The van der Waals surface area contributed by atoms with Crippen LogP contribution in [-0.2, 0) is 27.0 Å². The molecule has 1 saturated heterocycles. The molecule has 2 aromatic carbocycles. The van der Waals surface area contributed by atoms with Crippen LogP contribution in [0.2, 0.25) is 0 Å². The molecule has 4 rings (SSSR count). The molecule has 8 nitrogen and oxygen atoms in total. The van der Waals surface area contributed by atoms with E-state index in [0.717, 1.165) is 66.9 Å². The number of unbranched alkanes of at least 4 members (excludes halogenated alkanes) is 2. The summed E-state index contributed by atoms with van der Waals surface area (Å²) in [4.78, 5) is 40.1. The fraction of sp³-hybridized carbons (Fsp3) is 0.514. The summed E-state index contributed by atoms with van der Waals surface area (Å²) in [5, 5.41) is 12.6. The zero-order valence-electron chi connectivity index (χ0n) is 29.9. The van der Waals surface area contributed by atoms with E-state index in [1.165, 1.54) is 16.5 Å². The SMILES string of the molecule is CC.CC(C)C.CC1CC(C#N)N(C(=O)CN(C=O)CCCCCc2ccc(NC=O)cc2)C1.Cc1cc2ccc(C(F)(F)F)cc2[nH]1.S. The van der Waals surface area contributed by atoms with E-state index in [9.17, 15) is 32.8 Å². The van der Waals surface area contributed by atoms with E-state index in [4.69, 9.17) is 0 Å². The van der Waals surface area contributed by atoms with Gasteiger partial charge in [0.15, 0.2) is 0 Å². The Bertz CT molecular complexity index is 1440. The number of amides is 3. The number of carbonyl (C=O) groups excluding carboxylic acids is 3. The fourth-order valence-electron chi connectivity index (χ4n) is 4.98. The molecule has 2 N–H and O–H groups in total. The van der Waals surface area contributed by atoms with Crippen LogP contribution in [0.25, 0.3) is 10.9 Å². The van der Waals surface area contributed by atoms with Crippen molar-refractivity contribution < 1.29 is 27.6 Å². The molecule has 3 aromatic rings. The van der Waals surface area contributed by atoms with E-state index in [0.29, 0.717) is 37.4 Å². The number of rotatable bonds is 11. The quantitative estimate of drug-likeness (QED) is 0.154. The zero-order valence-corrected chi connectivity index (χ0v) is 30.9. The van der Waals surface area contributed by atoms with Gasteiger partial charge in [0.05, 0.1) is 18.2 Å². The average molecular weight is 706 g/mol. The van der Waals surface area contributed by atoms with Crippen LogP contribution in [0.5, 0.6) is 0 Å². The summed E-state index contributed by atoms with van der Waals surface area (Å²) < 4.78 is 36.9. The lowest BCUT2D eigenvalue weighted by molar-refractivity contribution is -0.137. The van der Waals surface area contributed by atoms with Crippen molar-refractivity contribution >= 4 is 48.8 Å². The highest BCUT2D eigenvalue weighted by atomic mass is 32.1. The lowest BCUT2D eigenvalue weighted by Crippen LogP contribution is -2.42. The first-order valence-electron chi connectivity index (χ1n) is 16.6. The highest BCUT2D eigenvalue weighted by Gasteiger charge is 2.33. The lowest BCUT2D eigenvalue weighted by Gasteiger charge is -2.23. The standard InChI is InChI=1S/C21H28N4O3.C10H8F3N.C4H10.C2H6.H2S/c1-17-11-20(12-22)25(13-17)21(28)14-24(16-27)10-4-2-3-5-18-6-8-19(9-7-18)23-15-26;1-6-4-7-2-3-8(10(11,12)13)5-9(7)14-6;1-4(2)3;1-2;/h6-9,15-17,20H,2-5,10-11,13-14H2,1H3,(H,23,26);2-5,14H,1H3;4H,1-3H3;1-2H3;1H2. The molecular formula is C37H54F3N5O3S. The van der Waals surface area contributed by atoms with Gasteiger partial charge in [-0.3, -0.25) is 14.4 Å². The predicted octanol–water partition coefficient (Wildman–Crippen LogP) is 8.48. The highest BCUT2D eigenvalue weighted by Crippen LogP contribution is 2.31. The minimum absolute atomic E-state index is 0. The van der Waals surface area contributed by atoms with Gasteiger partial charge in [-0.1, -0.05) is 66.2 Å². The van der Waals surface area contributed by atoms with E-state index >= 15 is 0 Å². The minimum atomic E-state index is -4.27. The molecule has 272 valence electrons. The van der Waals surface area contributed by atoms with E-state index in [1.807, 2.05) is 58.0 Å². The number of carbonyl (C=O) groups is 3. The Balaban J connectivity index is 0.000000911. The van der Waals surface area contributed by atoms with Gasteiger partial charge in [-0.15, -0.1) is 0 Å². The Hall–Kier alpha value is -3.98. The summed E-state index contributed by atoms with van der Waals surface area (Å²) in [5.41, 5.74) is 2.74. The Labute approximate surface area is 296 Å². The smallest absolute Gasteiger partial charge is 0.359 e. The lowest BCUT2D eigenvalue weighted by atomic mass is 10.1. The van der Waals surface area contributed by atoms with Crippen molar-refractivity contribution in [2.75, 3.05) is 25.0 Å². The largest absolute Gasteiger partial charge is 0.416 e. The molecule has 0 radical (unpaired) electrons. The number of hydrogen-bond donors (Lipinski definition) is 2. The molecule has 2 heterocycles. The number of likely N-dealkylation sites (tertiary alicyclic amines) is 1. The van der Waals surface area contributed by atoms with Crippen LogP contribution in [0, 0.1) is 30.1 Å². The third kappa shape index (κ3) is 16.8. The summed E-state index contributed by atoms with van der Waals surface area (Å²) in [6.07, 6.45) is 1.51. The number of hydrogen-bond acceptors (Lipinski definition) is 4. The zero-order chi connectivity index (χ0) is 36.3. The van der Waals surface area contributed by atoms with Crippen molar-refractivity contribution in [2.24, 2.45) is 11.8 Å². The van der Waals surface area contributed by atoms with Gasteiger partial charge < -0.3 is 20.1 Å². The molecule has 49 heavy (non-hydrogen) atoms. The van der Waals surface area contributed by atoms with Crippen molar-refractivity contribution in [1.82, 2.24) is 14.8 Å². The number of halogens is 3. The van der Waals surface area contributed by atoms with Crippen molar-refractivity contribution in [2.45, 2.75) is 92.8 Å². The second-order valence-corrected chi connectivity index (χ2v) is 12.4. The number of aromatic amines is 1. The van der Waals surface area contributed by atoms with Crippen molar-refractivity contribution in [3.05, 3.63) is 65.4 Å². The third-order valence-corrected chi connectivity index (χ3v) is 7.14. The monoisotopic (exact) mass is 705 g/mol. The Kier molecular flexibility index (Phi) is 21.5. The Morgan fingerprint density at radius 1 is 1.08 bits per heavy atom. The normalized spacial score (nSPS) is 14.9. The Morgan fingerprint density at radius 2 is 1.71 bits per heavy atom. The molecule has 2 atom stereocenters. The highest BCUT2D eigenvalue weighted by molar-refractivity contribution is 7.59. The third-order valence-electron chi connectivity index (χ3n) is 7.14. The number of nitriles is 1. The average Bonchev–Trinajstić information content (AvgIpc) is 3.62.